The molecule has 0 spiro atoms. The number of anilines is 1. The first kappa shape index (κ1) is 22.7. The number of aryl methyl sites for hydroxylation is 1. The summed E-state index contributed by atoms with van der Waals surface area (Å²) in [5, 5.41) is 12.9. The second kappa shape index (κ2) is 9.86. The van der Waals surface area contributed by atoms with Crippen LogP contribution in [0.1, 0.15) is 36.6 Å². The van der Waals surface area contributed by atoms with Crippen LogP contribution < -0.4 is 10.8 Å². The summed E-state index contributed by atoms with van der Waals surface area (Å²) >= 11 is 0. The Labute approximate surface area is 185 Å². The normalized spacial score (nSPS) is 10.4. The molecule has 0 saturated carbocycles. The van der Waals surface area contributed by atoms with Gasteiger partial charge < -0.3 is 5.32 Å². The summed E-state index contributed by atoms with van der Waals surface area (Å²) in [5.74, 6) is -1.48. The Bertz CT molecular complexity index is 1160. The van der Waals surface area contributed by atoms with E-state index in [2.05, 4.69) is 5.32 Å². The number of carbonyl (C=O) groups excluding carboxylic acids is 3. The van der Waals surface area contributed by atoms with Gasteiger partial charge in [0.05, 0.1) is 7.11 Å². The Kier molecular flexibility index (Phi) is 6.99. The molecule has 3 N–H and O–H groups in total. The van der Waals surface area contributed by atoms with Crippen molar-refractivity contribution in [3.8, 4) is 11.1 Å². The highest BCUT2D eigenvalue weighted by Gasteiger charge is 2.18. The lowest BCUT2D eigenvalue weighted by Crippen LogP contribution is -2.25. The average molecular weight is 433 g/mol. The third kappa shape index (κ3) is 5.00. The molecule has 0 radical (unpaired) electrons. The van der Waals surface area contributed by atoms with E-state index >= 15 is 0 Å². The zero-order valence-electron chi connectivity index (χ0n) is 17.9. The number of hydrogen-bond acceptors (Lipinski definition) is 5. The molecule has 0 heterocycles. The first-order valence-electron chi connectivity index (χ1n) is 9.73. The molecule has 3 aromatic carbocycles. The van der Waals surface area contributed by atoms with Gasteiger partial charge in [-0.25, -0.2) is 10.5 Å². The van der Waals surface area contributed by atoms with E-state index in [1.807, 2.05) is 19.1 Å². The number of benzene rings is 3. The van der Waals surface area contributed by atoms with Crippen LogP contribution in [0, 0.1) is 6.92 Å². The Morgan fingerprint density at radius 2 is 1.59 bits per heavy atom. The molecular weight excluding hydrogens is 410 g/mol. The topological polar surface area (TPSA) is 108 Å². The highest BCUT2D eigenvalue weighted by Crippen LogP contribution is 2.29. The standard InChI is InChI=1S/C24H23N3O5/c1-15-8-10-16(11-9-15)22(28)25-19-13-17(12-18(14-19)24(30)27(2)32-3)20-6-4-5-7-21(20)23(29)26-31/h4-14,31H,1-3H3,(H,25,28)(H,26,29). The fourth-order valence-corrected chi connectivity index (χ4v) is 3.14. The molecule has 3 amide bonds. The molecule has 164 valence electrons. The highest BCUT2D eigenvalue weighted by molar-refractivity contribution is 6.06. The van der Waals surface area contributed by atoms with Crippen LogP contribution in [-0.4, -0.2) is 42.1 Å². The molecule has 0 saturated heterocycles. The Morgan fingerprint density at radius 3 is 2.25 bits per heavy atom. The van der Waals surface area contributed by atoms with Crippen LogP contribution in [0.5, 0.6) is 0 Å². The van der Waals surface area contributed by atoms with E-state index in [1.165, 1.54) is 20.2 Å². The number of rotatable bonds is 6. The third-order valence-corrected chi connectivity index (χ3v) is 4.90. The summed E-state index contributed by atoms with van der Waals surface area (Å²) in [5.41, 5.74) is 4.89. The van der Waals surface area contributed by atoms with Crippen LogP contribution in [0.2, 0.25) is 0 Å². The van der Waals surface area contributed by atoms with Crippen LogP contribution in [0.25, 0.3) is 11.1 Å². The van der Waals surface area contributed by atoms with Crippen molar-refractivity contribution in [2.24, 2.45) is 0 Å². The minimum atomic E-state index is -0.698. The molecule has 0 aromatic heterocycles. The summed E-state index contributed by atoms with van der Waals surface area (Å²) in [6.07, 6.45) is 0. The molecule has 0 atom stereocenters. The van der Waals surface area contributed by atoms with Crippen molar-refractivity contribution in [2.75, 3.05) is 19.5 Å². The molecule has 0 fully saturated rings. The van der Waals surface area contributed by atoms with Gasteiger partial charge in [-0.05, 0) is 54.4 Å². The van der Waals surface area contributed by atoms with Gasteiger partial charge in [-0.2, -0.15) is 0 Å². The lowest BCUT2D eigenvalue weighted by Gasteiger charge is -2.17. The number of hydrogen-bond donors (Lipinski definition) is 3. The lowest BCUT2D eigenvalue weighted by atomic mass is 9.96. The van der Waals surface area contributed by atoms with Gasteiger partial charge in [0.2, 0.25) is 0 Å². The average Bonchev–Trinajstić information content (AvgIpc) is 2.82. The maximum absolute atomic E-state index is 12.7. The second-order valence-corrected chi connectivity index (χ2v) is 7.09. The van der Waals surface area contributed by atoms with Crippen molar-refractivity contribution in [1.29, 1.82) is 0 Å². The summed E-state index contributed by atoms with van der Waals surface area (Å²) in [7, 11) is 2.83. The van der Waals surface area contributed by atoms with Crippen LogP contribution in [0.4, 0.5) is 5.69 Å². The molecule has 3 rings (SSSR count). The molecule has 0 aliphatic heterocycles. The van der Waals surface area contributed by atoms with Crippen molar-refractivity contribution < 1.29 is 24.4 Å². The predicted octanol–water partition coefficient (Wildman–Crippen LogP) is 3.67. The van der Waals surface area contributed by atoms with Crippen molar-refractivity contribution in [3.05, 3.63) is 89.0 Å². The number of amides is 3. The zero-order valence-corrected chi connectivity index (χ0v) is 17.9. The van der Waals surface area contributed by atoms with Crippen LogP contribution in [-0.2, 0) is 4.84 Å². The summed E-state index contributed by atoms with van der Waals surface area (Å²) in [6, 6.07) is 18.5. The fourth-order valence-electron chi connectivity index (χ4n) is 3.14. The maximum atomic E-state index is 12.7. The largest absolute Gasteiger partial charge is 0.322 e. The minimum absolute atomic E-state index is 0.204. The molecule has 8 nitrogen and oxygen atoms in total. The molecule has 0 aliphatic rings. The Morgan fingerprint density at radius 1 is 0.906 bits per heavy atom. The van der Waals surface area contributed by atoms with E-state index in [4.69, 9.17) is 10.0 Å². The predicted molar refractivity (Wildman–Crippen MR) is 119 cm³/mol. The van der Waals surface area contributed by atoms with Gasteiger partial charge >= 0.3 is 0 Å². The van der Waals surface area contributed by atoms with Gasteiger partial charge in [-0.3, -0.25) is 24.4 Å². The zero-order chi connectivity index (χ0) is 23.3. The Hall–Kier alpha value is -4.01. The summed E-state index contributed by atoms with van der Waals surface area (Å²) in [6.45, 7) is 1.93. The van der Waals surface area contributed by atoms with Crippen molar-refractivity contribution in [3.63, 3.8) is 0 Å². The second-order valence-electron chi connectivity index (χ2n) is 7.09. The van der Waals surface area contributed by atoms with E-state index in [0.29, 0.717) is 22.4 Å². The van der Waals surface area contributed by atoms with Gasteiger partial charge in [0.15, 0.2) is 0 Å². The molecule has 8 heteroatoms. The van der Waals surface area contributed by atoms with Gasteiger partial charge in [-0.1, -0.05) is 35.9 Å². The van der Waals surface area contributed by atoms with E-state index in [9.17, 15) is 14.4 Å². The number of hydroxylamine groups is 3. The van der Waals surface area contributed by atoms with E-state index < -0.39 is 11.8 Å². The van der Waals surface area contributed by atoms with Crippen molar-refractivity contribution in [1.82, 2.24) is 10.5 Å². The number of carbonyl (C=O) groups is 3. The monoisotopic (exact) mass is 433 g/mol. The molecule has 0 unspecified atom stereocenters. The summed E-state index contributed by atoms with van der Waals surface area (Å²) < 4.78 is 0. The molecule has 0 bridgehead atoms. The van der Waals surface area contributed by atoms with Crippen LogP contribution in [0.15, 0.2) is 66.7 Å². The van der Waals surface area contributed by atoms with Crippen molar-refractivity contribution >= 4 is 23.4 Å². The lowest BCUT2D eigenvalue weighted by molar-refractivity contribution is -0.0756. The molecule has 3 aromatic rings. The van der Waals surface area contributed by atoms with Gasteiger partial charge in [-0.15, -0.1) is 0 Å². The highest BCUT2D eigenvalue weighted by atomic mass is 16.7. The quantitative estimate of drug-likeness (QED) is 0.406. The first-order chi connectivity index (χ1) is 15.3. The summed E-state index contributed by atoms with van der Waals surface area (Å²) in [4.78, 5) is 42.6. The molecule has 0 aliphatic carbocycles. The first-order valence-corrected chi connectivity index (χ1v) is 9.73. The fraction of sp³-hybridized carbons (Fsp3) is 0.125. The molecular formula is C24H23N3O5. The Balaban J connectivity index is 2.08. The smallest absolute Gasteiger partial charge is 0.277 e. The number of nitrogens with one attached hydrogen (secondary N) is 2. The molecule has 32 heavy (non-hydrogen) atoms. The third-order valence-electron chi connectivity index (χ3n) is 4.90. The van der Waals surface area contributed by atoms with Gasteiger partial charge in [0.1, 0.15) is 0 Å². The minimum Gasteiger partial charge on any atom is -0.322 e. The van der Waals surface area contributed by atoms with Crippen LogP contribution >= 0.6 is 0 Å². The van der Waals surface area contributed by atoms with Crippen molar-refractivity contribution in [2.45, 2.75) is 6.92 Å². The van der Waals surface area contributed by atoms with Gasteiger partial charge in [0, 0.05) is 29.4 Å². The SMILES string of the molecule is CON(C)C(=O)c1cc(NC(=O)c2ccc(C)cc2)cc(-c2ccccc2C(=O)NO)c1. The van der Waals surface area contributed by atoms with Crippen LogP contribution in [0.3, 0.4) is 0 Å². The maximum Gasteiger partial charge on any atom is 0.277 e. The number of nitrogens with zero attached hydrogens (tertiary/aromatic N) is 1. The van der Waals surface area contributed by atoms with E-state index in [1.54, 1.807) is 54.0 Å². The van der Waals surface area contributed by atoms with E-state index in [-0.39, 0.29) is 17.0 Å². The van der Waals surface area contributed by atoms with Gasteiger partial charge in [0.25, 0.3) is 17.7 Å². The van der Waals surface area contributed by atoms with E-state index in [0.717, 1.165) is 10.6 Å².